The van der Waals surface area contributed by atoms with Crippen molar-refractivity contribution >= 4 is 18.4 Å². The van der Waals surface area contributed by atoms with Gasteiger partial charge in [0, 0.05) is 11.1 Å². The van der Waals surface area contributed by atoms with Crippen LogP contribution < -0.4 is 14.2 Å². The summed E-state index contributed by atoms with van der Waals surface area (Å²) >= 11 is 5.31. The van der Waals surface area contributed by atoms with Crippen LogP contribution in [0.3, 0.4) is 0 Å². The molecule has 8 heteroatoms. The lowest BCUT2D eigenvalue weighted by Crippen LogP contribution is -1.98. The molecule has 3 rings (SSSR count). The summed E-state index contributed by atoms with van der Waals surface area (Å²) in [6.45, 7) is 2.03. The van der Waals surface area contributed by atoms with Crippen molar-refractivity contribution in [3.63, 3.8) is 0 Å². The molecule has 140 valence electrons. The van der Waals surface area contributed by atoms with E-state index in [0.717, 1.165) is 11.1 Å². The number of benzene rings is 2. The third-order valence-electron chi connectivity index (χ3n) is 3.97. The lowest BCUT2D eigenvalue weighted by Gasteiger charge is -2.12. The van der Waals surface area contributed by atoms with Crippen LogP contribution in [0.4, 0.5) is 0 Å². The predicted octanol–water partition coefficient (Wildman–Crippen LogP) is 3.82. The first-order chi connectivity index (χ1) is 13.1. The Balaban J connectivity index is 2.01. The minimum absolute atomic E-state index is 0.397. The van der Waals surface area contributed by atoms with Crippen molar-refractivity contribution in [2.24, 2.45) is 5.10 Å². The smallest absolute Gasteiger partial charge is 0.216 e. The third kappa shape index (κ3) is 3.85. The maximum Gasteiger partial charge on any atom is 0.216 e. The molecule has 27 heavy (non-hydrogen) atoms. The molecular weight excluding hydrogens is 364 g/mol. The number of nitrogens with one attached hydrogen (secondary N) is 1. The maximum absolute atomic E-state index is 5.37. The minimum atomic E-state index is 0.397. The average Bonchev–Trinajstić information content (AvgIpc) is 3.06. The highest BCUT2D eigenvalue weighted by atomic mass is 32.1. The fraction of sp³-hybridized carbons (Fsp3) is 0.211. The number of aromatic nitrogens is 3. The summed E-state index contributed by atoms with van der Waals surface area (Å²) < 4.78 is 18.1. The molecule has 0 aliphatic carbocycles. The van der Waals surface area contributed by atoms with Gasteiger partial charge >= 0.3 is 0 Å². The van der Waals surface area contributed by atoms with Gasteiger partial charge in [-0.2, -0.15) is 14.9 Å². The number of aryl methyl sites for hydroxylation is 1. The Morgan fingerprint density at radius 3 is 2.22 bits per heavy atom. The second-order valence-corrected chi connectivity index (χ2v) is 6.12. The lowest BCUT2D eigenvalue weighted by molar-refractivity contribution is 0.324. The molecule has 0 bridgehead atoms. The van der Waals surface area contributed by atoms with Crippen LogP contribution in [0, 0.1) is 11.7 Å². The van der Waals surface area contributed by atoms with Gasteiger partial charge in [0.25, 0.3) is 0 Å². The molecule has 0 saturated carbocycles. The first-order valence-corrected chi connectivity index (χ1v) is 8.57. The van der Waals surface area contributed by atoms with E-state index in [9.17, 15) is 0 Å². The van der Waals surface area contributed by atoms with Gasteiger partial charge in [-0.05, 0) is 31.3 Å². The molecule has 0 atom stereocenters. The number of methoxy groups -OCH3 is 3. The van der Waals surface area contributed by atoms with Gasteiger partial charge in [0.1, 0.15) is 0 Å². The van der Waals surface area contributed by atoms with E-state index in [1.165, 1.54) is 5.56 Å². The Labute approximate surface area is 162 Å². The van der Waals surface area contributed by atoms with Gasteiger partial charge in [0.15, 0.2) is 17.3 Å². The molecule has 0 aliphatic heterocycles. The summed E-state index contributed by atoms with van der Waals surface area (Å²) in [5, 5.41) is 11.6. The van der Waals surface area contributed by atoms with Crippen LogP contribution in [0.2, 0.25) is 0 Å². The first kappa shape index (κ1) is 18.7. The molecule has 2 aromatic carbocycles. The van der Waals surface area contributed by atoms with Gasteiger partial charge in [-0.15, -0.1) is 0 Å². The zero-order chi connectivity index (χ0) is 19.4. The largest absolute Gasteiger partial charge is 0.493 e. The average molecular weight is 384 g/mol. The molecule has 0 unspecified atom stereocenters. The van der Waals surface area contributed by atoms with Gasteiger partial charge < -0.3 is 14.2 Å². The quantitative estimate of drug-likeness (QED) is 0.517. The van der Waals surface area contributed by atoms with Crippen LogP contribution in [-0.4, -0.2) is 42.4 Å². The Morgan fingerprint density at radius 1 is 1.04 bits per heavy atom. The number of ether oxygens (including phenoxy) is 3. The van der Waals surface area contributed by atoms with Crippen molar-refractivity contribution in [3.05, 3.63) is 52.3 Å². The van der Waals surface area contributed by atoms with Crippen LogP contribution >= 0.6 is 12.2 Å². The molecule has 1 heterocycles. The lowest BCUT2D eigenvalue weighted by atomic mass is 10.1. The summed E-state index contributed by atoms with van der Waals surface area (Å²) in [6.07, 6.45) is 1.66. The summed E-state index contributed by atoms with van der Waals surface area (Å²) in [7, 11) is 4.70. The Morgan fingerprint density at radius 2 is 1.67 bits per heavy atom. The highest BCUT2D eigenvalue weighted by Crippen LogP contribution is 2.37. The van der Waals surface area contributed by atoms with Gasteiger partial charge in [-0.25, -0.2) is 5.10 Å². The SMILES string of the molecule is COc1cc(C=Nn2c(-c3ccc(C)cc3)n[nH]c2=S)cc(OC)c1OC. The molecule has 0 aliphatic rings. The zero-order valence-corrected chi connectivity index (χ0v) is 16.3. The maximum atomic E-state index is 5.37. The summed E-state index contributed by atoms with van der Waals surface area (Å²) in [5.74, 6) is 2.25. The number of H-pyrrole nitrogens is 1. The number of hydrogen-bond donors (Lipinski definition) is 1. The van der Waals surface area contributed by atoms with Crippen molar-refractivity contribution < 1.29 is 14.2 Å². The molecule has 0 radical (unpaired) electrons. The van der Waals surface area contributed by atoms with Crippen LogP contribution in [0.15, 0.2) is 41.5 Å². The standard InChI is InChI=1S/C19H20N4O3S/c1-12-5-7-14(8-6-12)18-21-22-19(27)23(18)20-11-13-9-15(24-2)17(26-4)16(10-13)25-3/h5-11H,1-4H3,(H,22,27). The molecule has 0 saturated heterocycles. The summed E-state index contributed by atoms with van der Waals surface area (Å²) in [5.41, 5.74) is 2.85. The molecular formula is C19H20N4O3S. The molecule has 7 nitrogen and oxygen atoms in total. The van der Waals surface area contributed by atoms with Gasteiger partial charge in [-0.3, -0.25) is 0 Å². The molecule has 0 amide bonds. The fourth-order valence-electron chi connectivity index (χ4n) is 2.59. The van der Waals surface area contributed by atoms with E-state index >= 15 is 0 Å². The Hall–Kier alpha value is -3.13. The van der Waals surface area contributed by atoms with Crippen LogP contribution in [-0.2, 0) is 0 Å². The monoisotopic (exact) mass is 384 g/mol. The Bertz CT molecular complexity index is 997. The van der Waals surface area contributed by atoms with Crippen LogP contribution in [0.5, 0.6) is 17.2 Å². The van der Waals surface area contributed by atoms with Gasteiger partial charge in [0.05, 0.1) is 27.5 Å². The molecule has 0 fully saturated rings. The van der Waals surface area contributed by atoms with Crippen LogP contribution in [0.25, 0.3) is 11.4 Å². The highest BCUT2D eigenvalue weighted by molar-refractivity contribution is 7.71. The zero-order valence-electron chi connectivity index (χ0n) is 15.5. The summed E-state index contributed by atoms with van der Waals surface area (Å²) in [6, 6.07) is 11.6. The van der Waals surface area contributed by atoms with E-state index in [4.69, 9.17) is 26.4 Å². The number of aromatic amines is 1. The van der Waals surface area contributed by atoms with E-state index in [0.29, 0.717) is 27.8 Å². The van der Waals surface area contributed by atoms with E-state index in [1.807, 2.05) is 31.2 Å². The van der Waals surface area contributed by atoms with E-state index in [2.05, 4.69) is 15.3 Å². The van der Waals surface area contributed by atoms with Gasteiger partial charge in [-0.1, -0.05) is 29.8 Å². The van der Waals surface area contributed by atoms with Gasteiger partial charge in [0.2, 0.25) is 10.5 Å². The molecule has 1 aromatic heterocycles. The first-order valence-electron chi connectivity index (χ1n) is 8.16. The Kier molecular flexibility index (Phi) is 5.56. The van der Waals surface area contributed by atoms with Crippen molar-refractivity contribution in [2.45, 2.75) is 6.92 Å². The number of rotatable bonds is 6. The van der Waals surface area contributed by atoms with Crippen molar-refractivity contribution in [1.29, 1.82) is 0 Å². The second-order valence-electron chi connectivity index (χ2n) is 5.73. The summed E-state index contributed by atoms with van der Waals surface area (Å²) in [4.78, 5) is 0. The molecule has 0 spiro atoms. The molecule has 1 N–H and O–H groups in total. The number of hydrogen-bond acceptors (Lipinski definition) is 6. The van der Waals surface area contributed by atoms with Crippen molar-refractivity contribution in [1.82, 2.24) is 14.9 Å². The van der Waals surface area contributed by atoms with Crippen LogP contribution in [0.1, 0.15) is 11.1 Å². The van der Waals surface area contributed by atoms with Crippen molar-refractivity contribution in [2.75, 3.05) is 21.3 Å². The fourth-order valence-corrected chi connectivity index (χ4v) is 2.77. The minimum Gasteiger partial charge on any atom is -0.493 e. The van der Waals surface area contributed by atoms with E-state index < -0.39 is 0 Å². The third-order valence-corrected chi connectivity index (χ3v) is 4.23. The normalized spacial score (nSPS) is 11.0. The van der Waals surface area contributed by atoms with E-state index in [-0.39, 0.29) is 0 Å². The van der Waals surface area contributed by atoms with E-state index in [1.54, 1.807) is 44.4 Å². The highest BCUT2D eigenvalue weighted by Gasteiger charge is 2.13. The topological polar surface area (TPSA) is 73.7 Å². The second kappa shape index (κ2) is 8.05. The molecule has 3 aromatic rings. The number of nitrogens with zero attached hydrogens (tertiary/aromatic N) is 3. The van der Waals surface area contributed by atoms with Crippen molar-refractivity contribution in [3.8, 4) is 28.6 Å². The predicted molar refractivity (Wildman–Crippen MR) is 107 cm³/mol.